The molecule has 1 aliphatic heterocycles. The molecule has 1 aromatic heterocycles. The van der Waals surface area contributed by atoms with Crippen molar-refractivity contribution in [2.45, 2.75) is 38.3 Å². The second-order valence-electron chi connectivity index (χ2n) is 4.48. The Bertz CT molecular complexity index is 286. The van der Waals surface area contributed by atoms with Crippen molar-refractivity contribution < 1.29 is 5.11 Å². The van der Waals surface area contributed by atoms with Crippen LogP contribution in [0.5, 0.6) is 0 Å². The molecular formula is C12H19NOS. The third-order valence-electron chi connectivity index (χ3n) is 3.16. The van der Waals surface area contributed by atoms with Gasteiger partial charge in [-0.3, -0.25) is 4.90 Å². The van der Waals surface area contributed by atoms with E-state index in [0.29, 0.717) is 6.04 Å². The normalized spacial score (nSPS) is 25.3. The standard InChI is InChI=1S/C12H19NOS/c1-10(7-11-4-6-15-9-11)13-5-2-3-12(14)8-13/h4,6,9-10,12,14H,2-3,5,7-8H2,1H3. The first-order valence-electron chi connectivity index (χ1n) is 5.69. The maximum Gasteiger partial charge on any atom is 0.0667 e. The summed E-state index contributed by atoms with van der Waals surface area (Å²) in [6.07, 6.45) is 3.11. The Hall–Kier alpha value is -0.380. The predicted molar refractivity (Wildman–Crippen MR) is 64.3 cm³/mol. The van der Waals surface area contributed by atoms with Crippen molar-refractivity contribution in [2.75, 3.05) is 13.1 Å². The van der Waals surface area contributed by atoms with Crippen molar-refractivity contribution >= 4 is 11.3 Å². The molecule has 0 aromatic carbocycles. The Morgan fingerprint density at radius 2 is 2.53 bits per heavy atom. The lowest BCUT2D eigenvalue weighted by molar-refractivity contribution is 0.0507. The number of likely N-dealkylation sites (tertiary alicyclic amines) is 1. The summed E-state index contributed by atoms with van der Waals surface area (Å²) >= 11 is 1.76. The third kappa shape index (κ3) is 3.03. The van der Waals surface area contributed by atoms with Crippen LogP contribution in [0.1, 0.15) is 25.3 Å². The van der Waals surface area contributed by atoms with Crippen LogP contribution < -0.4 is 0 Å². The second kappa shape index (κ2) is 5.10. The number of hydrogen-bond donors (Lipinski definition) is 1. The van der Waals surface area contributed by atoms with Gasteiger partial charge in [0.25, 0.3) is 0 Å². The van der Waals surface area contributed by atoms with Gasteiger partial charge in [0.1, 0.15) is 0 Å². The third-order valence-corrected chi connectivity index (χ3v) is 3.89. The van der Waals surface area contributed by atoms with Crippen molar-refractivity contribution in [3.05, 3.63) is 22.4 Å². The van der Waals surface area contributed by atoms with Gasteiger partial charge >= 0.3 is 0 Å². The number of rotatable bonds is 3. The van der Waals surface area contributed by atoms with Crippen molar-refractivity contribution in [3.63, 3.8) is 0 Å². The molecule has 0 spiro atoms. The average molecular weight is 225 g/mol. The monoisotopic (exact) mass is 225 g/mol. The van der Waals surface area contributed by atoms with Crippen LogP contribution in [-0.4, -0.2) is 35.2 Å². The van der Waals surface area contributed by atoms with Gasteiger partial charge in [0.05, 0.1) is 6.10 Å². The van der Waals surface area contributed by atoms with Crippen LogP contribution in [0.3, 0.4) is 0 Å². The first kappa shape index (κ1) is 11.1. The molecule has 1 N–H and O–H groups in total. The number of hydrogen-bond acceptors (Lipinski definition) is 3. The first-order chi connectivity index (χ1) is 7.25. The van der Waals surface area contributed by atoms with Crippen LogP contribution in [0, 0.1) is 0 Å². The first-order valence-corrected chi connectivity index (χ1v) is 6.63. The summed E-state index contributed by atoms with van der Waals surface area (Å²) in [7, 11) is 0. The molecule has 15 heavy (non-hydrogen) atoms. The van der Waals surface area contributed by atoms with E-state index >= 15 is 0 Å². The minimum atomic E-state index is -0.108. The molecule has 3 heteroatoms. The Labute approximate surface area is 95.5 Å². The van der Waals surface area contributed by atoms with Gasteiger partial charge in [-0.2, -0.15) is 11.3 Å². The van der Waals surface area contributed by atoms with E-state index < -0.39 is 0 Å². The number of nitrogens with zero attached hydrogens (tertiary/aromatic N) is 1. The Kier molecular flexibility index (Phi) is 3.78. The molecule has 0 bridgehead atoms. The highest BCUT2D eigenvalue weighted by atomic mass is 32.1. The van der Waals surface area contributed by atoms with Gasteiger partial charge in [-0.1, -0.05) is 0 Å². The van der Waals surface area contributed by atoms with Gasteiger partial charge in [0, 0.05) is 12.6 Å². The summed E-state index contributed by atoms with van der Waals surface area (Å²) in [5.74, 6) is 0. The fourth-order valence-corrected chi connectivity index (χ4v) is 2.94. The van der Waals surface area contributed by atoms with E-state index in [1.54, 1.807) is 11.3 Å². The highest BCUT2D eigenvalue weighted by Crippen LogP contribution is 2.17. The van der Waals surface area contributed by atoms with Crippen molar-refractivity contribution in [3.8, 4) is 0 Å². The number of aliphatic hydroxyl groups excluding tert-OH is 1. The van der Waals surface area contributed by atoms with E-state index in [1.165, 1.54) is 5.56 Å². The summed E-state index contributed by atoms with van der Waals surface area (Å²) in [6, 6.07) is 2.75. The molecule has 2 atom stereocenters. The molecular weight excluding hydrogens is 206 g/mol. The van der Waals surface area contributed by atoms with Crippen molar-refractivity contribution in [2.24, 2.45) is 0 Å². The SMILES string of the molecule is CC(Cc1ccsc1)N1CCCC(O)C1. The lowest BCUT2D eigenvalue weighted by Crippen LogP contribution is -2.44. The summed E-state index contributed by atoms with van der Waals surface area (Å²) in [5.41, 5.74) is 1.42. The van der Waals surface area contributed by atoms with Gasteiger partial charge in [-0.05, 0) is 55.1 Å². The number of β-amino-alcohol motifs (C(OH)–C–C–N with tert-alkyl or cyclic N) is 1. The molecule has 2 unspecified atom stereocenters. The molecule has 2 heterocycles. The van der Waals surface area contributed by atoms with E-state index in [9.17, 15) is 5.11 Å². The average Bonchev–Trinajstić information content (AvgIpc) is 2.70. The zero-order valence-corrected chi connectivity index (χ0v) is 10.0. The molecule has 1 aliphatic rings. The molecule has 0 amide bonds. The van der Waals surface area contributed by atoms with Gasteiger partial charge < -0.3 is 5.11 Å². The molecule has 0 radical (unpaired) electrons. The fourth-order valence-electron chi connectivity index (χ4n) is 2.26. The largest absolute Gasteiger partial charge is 0.392 e. The van der Waals surface area contributed by atoms with Gasteiger partial charge in [-0.15, -0.1) is 0 Å². The minimum absolute atomic E-state index is 0.108. The van der Waals surface area contributed by atoms with E-state index in [4.69, 9.17) is 0 Å². The molecule has 0 saturated carbocycles. The summed E-state index contributed by atoms with van der Waals surface area (Å²) in [6.45, 7) is 4.25. The minimum Gasteiger partial charge on any atom is -0.392 e. The Morgan fingerprint density at radius 1 is 1.67 bits per heavy atom. The van der Waals surface area contributed by atoms with Crippen LogP contribution in [0.25, 0.3) is 0 Å². The smallest absolute Gasteiger partial charge is 0.0667 e. The molecule has 2 rings (SSSR count). The molecule has 0 aliphatic carbocycles. The summed E-state index contributed by atoms with van der Waals surface area (Å²) in [5, 5.41) is 14.0. The molecule has 84 valence electrons. The predicted octanol–water partition coefficient (Wildman–Crippen LogP) is 2.14. The molecule has 1 aromatic rings. The van der Waals surface area contributed by atoms with E-state index in [0.717, 1.165) is 32.4 Å². The van der Waals surface area contributed by atoms with E-state index in [1.807, 2.05) is 0 Å². The Balaban J connectivity index is 1.87. The van der Waals surface area contributed by atoms with E-state index in [-0.39, 0.29) is 6.10 Å². The number of piperidine rings is 1. The van der Waals surface area contributed by atoms with Crippen LogP contribution in [0.2, 0.25) is 0 Å². The van der Waals surface area contributed by atoms with Gasteiger partial charge in [0.15, 0.2) is 0 Å². The van der Waals surface area contributed by atoms with Crippen LogP contribution in [-0.2, 0) is 6.42 Å². The van der Waals surface area contributed by atoms with Gasteiger partial charge in [-0.25, -0.2) is 0 Å². The van der Waals surface area contributed by atoms with Crippen molar-refractivity contribution in [1.82, 2.24) is 4.90 Å². The number of thiophene rings is 1. The van der Waals surface area contributed by atoms with Crippen LogP contribution in [0.4, 0.5) is 0 Å². The fraction of sp³-hybridized carbons (Fsp3) is 0.667. The molecule has 2 nitrogen and oxygen atoms in total. The topological polar surface area (TPSA) is 23.5 Å². The summed E-state index contributed by atoms with van der Waals surface area (Å²) in [4.78, 5) is 2.41. The van der Waals surface area contributed by atoms with Crippen molar-refractivity contribution in [1.29, 1.82) is 0 Å². The maximum atomic E-state index is 9.61. The lowest BCUT2D eigenvalue weighted by Gasteiger charge is -2.34. The van der Waals surface area contributed by atoms with E-state index in [2.05, 4.69) is 28.7 Å². The van der Waals surface area contributed by atoms with Crippen LogP contribution in [0.15, 0.2) is 16.8 Å². The highest BCUT2D eigenvalue weighted by molar-refractivity contribution is 7.07. The van der Waals surface area contributed by atoms with Gasteiger partial charge in [0.2, 0.25) is 0 Å². The van der Waals surface area contributed by atoms with Crippen LogP contribution >= 0.6 is 11.3 Å². The summed E-state index contributed by atoms with van der Waals surface area (Å²) < 4.78 is 0. The lowest BCUT2D eigenvalue weighted by atomic mass is 10.0. The molecule has 1 fully saturated rings. The maximum absolute atomic E-state index is 9.61. The zero-order valence-electron chi connectivity index (χ0n) is 9.22. The highest BCUT2D eigenvalue weighted by Gasteiger charge is 2.21. The second-order valence-corrected chi connectivity index (χ2v) is 5.26. The quantitative estimate of drug-likeness (QED) is 0.852. The zero-order chi connectivity index (χ0) is 10.7. The molecule has 1 saturated heterocycles. The Morgan fingerprint density at radius 3 is 3.20 bits per heavy atom. The number of aliphatic hydroxyl groups is 1.